The second-order valence-electron chi connectivity index (χ2n) is 4.59. The van der Waals surface area contributed by atoms with Crippen molar-refractivity contribution < 1.29 is 14.6 Å². The van der Waals surface area contributed by atoms with E-state index in [1.165, 1.54) is 4.90 Å². The van der Waals surface area contributed by atoms with Gasteiger partial charge >= 0.3 is 0 Å². The van der Waals surface area contributed by atoms with Crippen LogP contribution in [0.4, 0.5) is 0 Å². The normalized spacial score (nSPS) is 12.1. The third kappa shape index (κ3) is 3.74. The highest BCUT2D eigenvalue weighted by Crippen LogP contribution is 2.18. The fourth-order valence-electron chi connectivity index (χ4n) is 1.57. The van der Waals surface area contributed by atoms with Gasteiger partial charge in [-0.2, -0.15) is 0 Å². The van der Waals surface area contributed by atoms with Crippen LogP contribution in [0.1, 0.15) is 18.1 Å². The molecule has 0 radical (unpaired) electrons. The Labute approximate surface area is 108 Å². The van der Waals surface area contributed by atoms with Crippen molar-refractivity contribution >= 4 is 5.91 Å². The fraction of sp³-hybridized carbons (Fsp3) is 0.500. The Balaban J connectivity index is 2.57. The zero-order valence-corrected chi connectivity index (χ0v) is 11.4. The van der Waals surface area contributed by atoms with E-state index in [1.54, 1.807) is 14.0 Å². The van der Waals surface area contributed by atoms with Gasteiger partial charge in [-0.05, 0) is 32.4 Å². The van der Waals surface area contributed by atoms with Gasteiger partial charge in [0, 0.05) is 7.05 Å². The molecule has 1 N–H and O–H groups in total. The quantitative estimate of drug-likeness (QED) is 0.863. The van der Waals surface area contributed by atoms with E-state index < -0.39 is 0 Å². The average Bonchev–Trinajstić information content (AvgIpc) is 2.35. The number of carbonyl (C=O) groups excluding carboxylic acids is 1. The number of carbonyl (C=O) groups is 1. The summed E-state index contributed by atoms with van der Waals surface area (Å²) in [6, 6.07) is 5.64. The van der Waals surface area contributed by atoms with Crippen molar-refractivity contribution in [1.29, 1.82) is 0 Å². The highest BCUT2D eigenvalue weighted by Gasteiger charge is 2.15. The SMILES string of the molecule is Cc1ccc(OCC(=O)N(C)C(C)CO)c(C)c1. The summed E-state index contributed by atoms with van der Waals surface area (Å²) >= 11 is 0. The summed E-state index contributed by atoms with van der Waals surface area (Å²) in [6.45, 7) is 5.69. The minimum atomic E-state index is -0.194. The third-order valence-corrected chi connectivity index (χ3v) is 3.00. The standard InChI is InChI=1S/C14H21NO3/c1-10-5-6-13(11(2)7-10)18-9-14(17)15(4)12(3)8-16/h5-7,12,16H,8-9H2,1-4H3. The summed E-state index contributed by atoms with van der Waals surface area (Å²) < 4.78 is 5.50. The Hall–Kier alpha value is -1.55. The van der Waals surface area contributed by atoms with Crippen molar-refractivity contribution in [3.8, 4) is 5.75 Å². The smallest absolute Gasteiger partial charge is 0.260 e. The van der Waals surface area contributed by atoms with Crippen LogP contribution in [0.25, 0.3) is 0 Å². The van der Waals surface area contributed by atoms with Gasteiger partial charge in [0.1, 0.15) is 5.75 Å². The Kier molecular flexibility index (Phi) is 5.16. The molecule has 0 heterocycles. The zero-order valence-electron chi connectivity index (χ0n) is 11.4. The molecule has 1 unspecified atom stereocenters. The molecule has 1 aromatic rings. The number of nitrogens with zero attached hydrogens (tertiary/aromatic N) is 1. The Morgan fingerprint density at radius 3 is 2.67 bits per heavy atom. The summed E-state index contributed by atoms with van der Waals surface area (Å²) in [4.78, 5) is 13.3. The van der Waals surface area contributed by atoms with Gasteiger partial charge < -0.3 is 14.7 Å². The minimum absolute atomic E-state index is 0.00919. The highest BCUT2D eigenvalue weighted by molar-refractivity contribution is 5.77. The molecular weight excluding hydrogens is 230 g/mol. The highest BCUT2D eigenvalue weighted by atomic mass is 16.5. The molecular formula is C14H21NO3. The molecule has 0 aromatic heterocycles. The number of rotatable bonds is 5. The number of hydrogen-bond acceptors (Lipinski definition) is 3. The number of hydrogen-bond donors (Lipinski definition) is 1. The molecule has 0 saturated carbocycles. The van der Waals surface area contributed by atoms with Crippen molar-refractivity contribution in [3.63, 3.8) is 0 Å². The van der Waals surface area contributed by atoms with Crippen molar-refractivity contribution in [1.82, 2.24) is 4.90 Å². The summed E-state index contributed by atoms with van der Waals surface area (Å²) in [6.07, 6.45) is 0. The predicted octanol–water partition coefficient (Wildman–Crippen LogP) is 1.52. The molecule has 1 aromatic carbocycles. The average molecular weight is 251 g/mol. The van der Waals surface area contributed by atoms with E-state index in [-0.39, 0.29) is 25.2 Å². The van der Waals surface area contributed by atoms with Gasteiger partial charge in [-0.25, -0.2) is 0 Å². The molecule has 100 valence electrons. The topological polar surface area (TPSA) is 49.8 Å². The van der Waals surface area contributed by atoms with E-state index in [1.807, 2.05) is 32.0 Å². The molecule has 0 aliphatic heterocycles. The van der Waals surface area contributed by atoms with E-state index >= 15 is 0 Å². The molecule has 1 amide bonds. The van der Waals surface area contributed by atoms with Crippen molar-refractivity contribution in [2.24, 2.45) is 0 Å². The molecule has 0 bridgehead atoms. The number of aliphatic hydroxyl groups is 1. The largest absolute Gasteiger partial charge is 0.484 e. The third-order valence-electron chi connectivity index (χ3n) is 3.00. The lowest BCUT2D eigenvalue weighted by molar-refractivity contribution is -0.134. The van der Waals surface area contributed by atoms with Crippen LogP contribution >= 0.6 is 0 Å². The maximum absolute atomic E-state index is 11.8. The molecule has 0 spiro atoms. The van der Waals surface area contributed by atoms with Crippen LogP contribution in [-0.2, 0) is 4.79 Å². The molecule has 0 fully saturated rings. The number of aliphatic hydroxyl groups excluding tert-OH is 1. The first-order chi connectivity index (χ1) is 8.45. The predicted molar refractivity (Wildman–Crippen MR) is 70.7 cm³/mol. The van der Waals surface area contributed by atoms with Gasteiger partial charge in [0.25, 0.3) is 5.91 Å². The first-order valence-electron chi connectivity index (χ1n) is 6.02. The van der Waals surface area contributed by atoms with Crippen molar-refractivity contribution in [2.75, 3.05) is 20.3 Å². The van der Waals surface area contributed by atoms with E-state index in [4.69, 9.17) is 9.84 Å². The van der Waals surface area contributed by atoms with E-state index in [9.17, 15) is 4.79 Å². The van der Waals surface area contributed by atoms with Gasteiger partial charge in [-0.3, -0.25) is 4.79 Å². The summed E-state index contributed by atoms with van der Waals surface area (Å²) in [7, 11) is 1.66. The lowest BCUT2D eigenvalue weighted by Crippen LogP contribution is -2.40. The monoisotopic (exact) mass is 251 g/mol. The summed E-state index contributed by atoms with van der Waals surface area (Å²) in [5.41, 5.74) is 2.18. The Morgan fingerprint density at radius 1 is 1.44 bits per heavy atom. The van der Waals surface area contributed by atoms with Crippen LogP contribution in [0.2, 0.25) is 0 Å². The summed E-state index contributed by atoms with van der Waals surface area (Å²) in [5.74, 6) is 0.579. The van der Waals surface area contributed by atoms with E-state index in [0.29, 0.717) is 0 Å². The van der Waals surface area contributed by atoms with Crippen molar-refractivity contribution in [3.05, 3.63) is 29.3 Å². The maximum Gasteiger partial charge on any atom is 0.260 e. The molecule has 0 aliphatic carbocycles. The van der Waals surface area contributed by atoms with Crippen molar-refractivity contribution in [2.45, 2.75) is 26.8 Å². The number of benzene rings is 1. The van der Waals surface area contributed by atoms with Crippen LogP contribution in [-0.4, -0.2) is 42.2 Å². The first kappa shape index (κ1) is 14.5. The molecule has 4 heteroatoms. The molecule has 1 rings (SSSR count). The Bertz CT molecular complexity index is 418. The van der Waals surface area contributed by atoms with Gasteiger partial charge in [0.15, 0.2) is 6.61 Å². The molecule has 4 nitrogen and oxygen atoms in total. The number of likely N-dealkylation sites (N-methyl/N-ethyl adjacent to an activating group) is 1. The lowest BCUT2D eigenvalue weighted by atomic mass is 10.1. The number of ether oxygens (including phenoxy) is 1. The first-order valence-corrected chi connectivity index (χ1v) is 6.02. The van der Waals surface area contributed by atoms with Gasteiger partial charge in [-0.1, -0.05) is 17.7 Å². The number of aryl methyl sites for hydroxylation is 2. The molecule has 0 aliphatic rings. The van der Waals surface area contributed by atoms with Crippen LogP contribution in [0.5, 0.6) is 5.75 Å². The lowest BCUT2D eigenvalue weighted by Gasteiger charge is -2.23. The van der Waals surface area contributed by atoms with Crippen LogP contribution in [0, 0.1) is 13.8 Å². The number of amides is 1. The Morgan fingerprint density at radius 2 is 2.11 bits per heavy atom. The van der Waals surface area contributed by atoms with E-state index in [0.717, 1.165) is 16.9 Å². The molecule has 0 saturated heterocycles. The fourth-order valence-corrected chi connectivity index (χ4v) is 1.57. The van der Waals surface area contributed by atoms with Crippen LogP contribution < -0.4 is 4.74 Å². The van der Waals surface area contributed by atoms with Gasteiger partial charge in [-0.15, -0.1) is 0 Å². The van der Waals surface area contributed by atoms with Crippen LogP contribution in [0.15, 0.2) is 18.2 Å². The molecule has 18 heavy (non-hydrogen) atoms. The van der Waals surface area contributed by atoms with Gasteiger partial charge in [0.05, 0.1) is 12.6 Å². The summed E-state index contributed by atoms with van der Waals surface area (Å²) in [5, 5.41) is 8.98. The maximum atomic E-state index is 11.8. The van der Waals surface area contributed by atoms with Gasteiger partial charge in [0.2, 0.25) is 0 Å². The molecule has 1 atom stereocenters. The minimum Gasteiger partial charge on any atom is -0.484 e. The second-order valence-corrected chi connectivity index (χ2v) is 4.59. The second kappa shape index (κ2) is 6.40. The van der Waals surface area contributed by atoms with E-state index in [2.05, 4.69) is 0 Å². The van der Waals surface area contributed by atoms with Crippen LogP contribution in [0.3, 0.4) is 0 Å². The zero-order chi connectivity index (χ0) is 13.7.